The number of ketones is 1. The Morgan fingerprint density at radius 2 is 2.28 bits per heavy atom. The van der Waals surface area contributed by atoms with Crippen molar-refractivity contribution in [1.82, 2.24) is 10.3 Å². The third-order valence-electron chi connectivity index (χ3n) is 3.52. The molecule has 0 radical (unpaired) electrons. The molecule has 18 heavy (non-hydrogen) atoms. The Balaban J connectivity index is 2.51. The molecule has 1 fully saturated rings. The Labute approximate surface area is 117 Å². The first kappa shape index (κ1) is 13.4. The maximum absolute atomic E-state index is 12.4. The number of likely N-dealkylation sites (N-methyl/N-ethyl adjacent to an activating group) is 1. The molecular formula is C13H15ClN2OS. The zero-order chi connectivity index (χ0) is 13.2. The minimum Gasteiger partial charge on any atom is -0.382 e. The first-order chi connectivity index (χ1) is 8.61. The number of aromatic nitrogens is 1. The lowest BCUT2D eigenvalue weighted by Gasteiger charge is -2.36. The number of hydrogen-bond donors (Lipinski definition) is 1. The maximum atomic E-state index is 12.4. The van der Waals surface area contributed by atoms with E-state index in [2.05, 4.69) is 10.3 Å². The summed E-state index contributed by atoms with van der Waals surface area (Å²) in [7, 11) is 1.76. The number of carbonyl (C=O) groups is 1. The van der Waals surface area contributed by atoms with Gasteiger partial charge in [0.05, 0.1) is 4.99 Å². The summed E-state index contributed by atoms with van der Waals surface area (Å²) >= 11 is 11.2. The van der Waals surface area contributed by atoms with Gasteiger partial charge in [-0.1, -0.05) is 36.3 Å². The predicted octanol–water partition coefficient (Wildman–Crippen LogP) is 2.66. The van der Waals surface area contributed by atoms with Gasteiger partial charge in [-0.15, -0.1) is 0 Å². The molecular weight excluding hydrogens is 268 g/mol. The van der Waals surface area contributed by atoms with Crippen molar-refractivity contribution in [3.8, 4) is 0 Å². The maximum Gasteiger partial charge on any atom is 0.150 e. The van der Waals surface area contributed by atoms with E-state index in [9.17, 15) is 4.79 Å². The lowest BCUT2D eigenvalue weighted by Crippen LogP contribution is -2.49. The number of hydrogen-bond acceptors (Lipinski definition) is 3. The van der Waals surface area contributed by atoms with Gasteiger partial charge in [0, 0.05) is 19.7 Å². The molecule has 3 nitrogen and oxygen atoms in total. The second-order valence-corrected chi connectivity index (χ2v) is 5.28. The van der Waals surface area contributed by atoms with Crippen molar-refractivity contribution in [2.45, 2.75) is 31.1 Å². The van der Waals surface area contributed by atoms with Crippen LogP contribution in [-0.4, -0.2) is 22.8 Å². The van der Waals surface area contributed by atoms with Gasteiger partial charge in [-0.25, -0.2) is 4.98 Å². The molecule has 1 aliphatic rings. The number of Topliss-reactive ketones (excluding diaryl/α,β-unsaturated/α-hetero) is 1. The third-order valence-corrected chi connectivity index (χ3v) is 4.29. The molecule has 1 aliphatic carbocycles. The first-order valence-electron chi connectivity index (χ1n) is 5.99. The van der Waals surface area contributed by atoms with Crippen molar-refractivity contribution in [3.63, 3.8) is 0 Å². The van der Waals surface area contributed by atoms with Gasteiger partial charge >= 0.3 is 0 Å². The van der Waals surface area contributed by atoms with Crippen LogP contribution >= 0.6 is 23.8 Å². The van der Waals surface area contributed by atoms with Crippen LogP contribution in [0.15, 0.2) is 18.3 Å². The Bertz CT molecular complexity index is 464. The molecule has 1 atom stereocenters. The van der Waals surface area contributed by atoms with Crippen molar-refractivity contribution in [2.24, 2.45) is 0 Å². The summed E-state index contributed by atoms with van der Waals surface area (Å²) in [6.45, 7) is 0. The van der Waals surface area contributed by atoms with Crippen LogP contribution in [-0.2, 0) is 10.2 Å². The second kappa shape index (κ2) is 5.33. The van der Waals surface area contributed by atoms with Crippen LogP contribution in [0, 0.1) is 0 Å². The van der Waals surface area contributed by atoms with Crippen molar-refractivity contribution in [3.05, 3.63) is 29.0 Å². The van der Waals surface area contributed by atoms with Crippen molar-refractivity contribution >= 4 is 34.6 Å². The summed E-state index contributed by atoms with van der Waals surface area (Å²) in [5.74, 6) is 0.178. The summed E-state index contributed by atoms with van der Waals surface area (Å²) in [5.41, 5.74) is 0.135. The smallest absolute Gasteiger partial charge is 0.150 e. The van der Waals surface area contributed by atoms with Crippen molar-refractivity contribution in [2.75, 3.05) is 7.05 Å². The molecule has 1 heterocycles. The van der Waals surface area contributed by atoms with Crippen LogP contribution in [0.2, 0.25) is 5.15 Å². The molecule has 0 saturated heterocycles. The lowest BCUT2D eigenvalue weighted by molar-refractivity contribution is -0.123. The van der Waals surface area contributed by atoms with E-state index in [1.807, 2.05) is 6.07 Å². The number of pyridine rings is 1. The van der Waals surface area contributed by atoms with Crippen molar-refractivity contribution < 1.29 is 4.79 Å². The van der Waals surface area contributed by atoms with Gasteiger partial charge in [0.15, 0.2) is 0 Å². The fraction of sp³-hybridized carbons (Fsp3) is 0.462. The average Bonchev–Trinajstić information content (AvgIpc) is 2.40. The van der Waals surface area contributed by atoms with E-state index >= 15 is 0 Å². The van der Waals surface area contributed by atoms with E-state index < -0.39 is 5.41 Å². The van der Waals surface area contributed by atoms with Gasteiger partial charge in [0.2, 0.25) is 0 Å². The zero-order valence-corrected chi connectivity index (χ0v) is 11.8. The van der Waals surface area contributed by atoms with Gasteiger partial charge in [-0.2, -0.15) is 0 Å². The molecule has 2 rings (SSSR count). The van der Waals surface area contributed by atoms with Gasteiger partial charge in [-0.05, 0) is 24.5 Å². The summed E-state index contributed by atoms with van der Waals surface area (Å²) in [5, 5.41) is 3.39. The van der Waals surface area contributed by atoms with Gasteiger partial charge in [0.25, 0.3) is 0 Å². The molecule has 1 N–H and O–H groups in total. The van der Waals surface area contributed by atoms with Crippen LogP contribution in [0.25, 0.3) is 0 Å². The molecule has 0 aliphatic heterocycles. The number of thiocarbonyl (C=S) groups is 1. The minimum absolute atomic E-state index is 0.178. The molecule has 0 spiro atoms. The van der Waals surface area contributed by atoms with E-state index in [0.717, 1.165) is 24.8 Å². The topological polar surface area (TPSA) is 42.0 Å². The Kier molecular flexibility index (Phi) is 3.97. The molecule has 5 heteroatoms. The van der Waals surface area contributed by atoms with E-state index in [4.69, 9.17) is 23.8 Å². The zero-order valence-electron chi connectivity index (χ0n) is 10.2. The average molecular weight is 283 g/mol. The van der Waals surface area contributed by atoms with Crippen LogP contribution in [0.1, 0.15) is 31.2 Å². The van der Waals surface area contributed by atoms with E-state index in [1.54, 1.807) is 19.3 Å². The molecule has 0 bridgehead atoms. The first-order valence-corrected chi connectivity index (χ1v) is 6.77. The van der Waals surface area contributed by atoms with E-state index in [0.29, 0.717) is 16.6 Å². The lowest BCUT2D eigenvalue weighted by atomic mass is 9.68. The number of nitrogens with zero attached hydrogens (tertiary/aromatic N) is 1. The summed E-state index contributed by atoms with van der Waals surface area (Å²) in [4.78, 5) is 17.1. The van der Waals surface area contributed by atoms with Gasteiger partial charge in [-0.3, -0.25) is 4.79 Å². The minimum atomic E-state index is -0.708. The molecule has 0 amide bonds. The normalized spacial score (nSPS) is 23.8. The Hall–Kier alpha value is -1.00. The Morgan fingerprint density at radius 3 is 2.83 bits per heavy atom. The highest BCUT2D eigenvalue weighted by molar-refractivity contribution is 7.80. The molecule has 0 aromatic carbocycles. The quantitative estimate of drug-likeness (QED) is 0.669. The monoisotopic (exact) mass is 282 g/mol. The fourth-order valence-electron chi connectivity index (χ4n) is 2.55. The Morgan fingerprint density at radius 1 is 1.50 bits per heavy atom. The largest absolute Gasteiger partial charge is 0.382 e. The molecule has 1 unspecified atom stereocenters. The molecule has 1 aromatic heterocycles. The number of carbonyl (C=O) groups excluding carboxylic acids is 1. The van der Waals surface area contributed by atoms with Gasteiger partial charge < -0.3 is 5.32 Å². The standard InChI is InChI=1S/C13H15ClN2OS/c1-15-12(18)13(7-3-2-4-10(13)17)9-5-6-11(14)16-8-9/h5-6,8H,2-4,7H2,1H3,(H,15,18). The highest BCUT2D eigenvalue weighted by Gasteiger charge is 2.45. The third kappa shape index (κ3) is 2.15. The van der Waals surface area contributed by atoms with E-state index in [-0.39, 0.29) is 5.78 Å². The summed E-state index contributed by atoms with van der Waals surface area (Å²) in [6.07, 6.45) is 4.92. The SMILES string of the molecule is CNC(=S)C1(c2ccc(Cl)nc2)CCCCC1=O. The number of rotatable bonds is 2. The molecule has 96 valence electrons. The summed E-state index contributed by atoms with van der Waals surface area (Å²) in [6, 6.07) is 3.56. The van der Waals surface area contributed by atoms with Crippen LogP contribution in [0.5, 0.6) is 0 Å². The van der Waals surface area contributed by atoms with Gasteiger partial charge in [0.1, 0.15) is 16.4 Å². The summed E-state index contributed by atoms with van der Waals surface area (Å²) < 4.78 is 0. The predicted molar refractivity (Wildman–Crippen MR) is 76.1 cm³/mol. The fourth-order valence-corrected chi connectivity index (χ4v) is 2.99. The van der Waals surface area contributed by atoms with Crippen molar-refractivity contribution in [1.29, 1.82) is 0 Å². The molecule has 1 saturated carbocycles. The second-order valence-electron chi connectivity index (χ2n) is 4.48. The van der Waals surface area contributed by atoms with Crippen LogP contribution in [0.3, 0.4) is 0 Å². The highest BCUT2D eigenvalue weighted by Crippen LogP contribution is 2.37. The van der Waals surface area contributed by atoms with Crippen LogP contribution < -0.4 is 5.32 Å². The molecule has 1 aromatic rings. The van der Waals surface area contributed by atoms with Crippen LogP contribution in [0.4, 0.5) is 0 Å². The highest BCUT2D eigenvalue weighted by atomic mass is 35.5. The van der Waals surface area contributed by atoms with E-state index in [1.165, 1.54) is 0 Å². The number of nitrogens with one attached hydrogen (secondary N) is 1. The number of halogens is 1.